The lowest BCUT2D eigenvalue weighted by Crippen LogP contribution is -2.57. The van der Waals surface area contributed by atoms with Gasteiger partial charge in [0.05, 0.1) is 17.8 Å². The number of nitrogens with zero attached hydrogens (tertiary/aromatic N) is 3. The number of ether oxygens (including phenoxy) is 4. The Morgan fingerprint density at radius 3 is 2.28 bits per heavy atom. The van der Waals surface area contributed by atoms with E-state index in [1.54, 1.807) is 21.0 Å². The van der Waals surface area contributed by atoms with Gasteiger partial charge in [-0.05, 0) is 113 Å². The van der Waals surface area contributed by atoms with Gasteiger partial charge >= 0.3 is 5.97 Å². The molecule has 3 saturated heterocycles. The van der Waals surface area contributed by atoms with Crippen molar-refractivity contribution in [2.75, 3.05) is 54.5 Å². The highest BCUT2D eigenvalue weighted by Gasteiger charge is 2.48. The topological polar surface area (TPSA) is 101 Å². The number of aliphatic hydroxyl groups is 1. The van der Waals surface area contributed by atoms with Crippen LogP contribution in [0.3, 0.4) is 0 Å². The van der Waals surface area contributed by atoms with Crippen LogP contribution in [0.4, 0.5) is 0 Å². The lowest BCUT2D eigenvalue weighted by molar-refractivity contribution is -0.289. The van der Waals surface area contributed by atoms with E-state index < -0.39 is 35.5 Å². The van der Waals surface area contributed by atoms with Crippen LogP contribution >= 0.6 is 0 Å². The summed E-state index contributed by atoms with van der Waals surface area (Å²) in [7, 11) is 7.62. The third kappa shape index (κ3) is 8.77. The van der Waals surface area contributed by atoms with Crippen LogP contribution in [-0.4, -0.2) is 134 Å². The predicted octanol–water partition coefficient (Wildman–Crippen LogP) is 3.19. The lowest BCUT2D eigenvalue weighted by atomic mass is 9.79. The van der Waals surface area contributed by atoms with Gasteiger partial charge in [-0.3, -0.25) is 14.5 Å². The minimum Gasteiger partial charge on any atom is -0.463 e. The summed E-state index contributed by atoms with van der Waals surface area (Å²) in [6.07, 6.45) is 0.572. The van der Waals surface area contributed by atoms with Crippen molar-refractivity contribution in [3.63, 3.8) is 0 Å². The maximum absolute atomic E-state index is 13.9. The second-order valence-electron chi connectivity index (χ2n) is 14.8. The van der Waals surface area contributed by atoms with Gasteiger partial charge in [0.1, 0.15) is 18.1 Å². The summed E-state index contributed by atoms with van der Waals surface area (Å²) in [5, 5.41) is 11.2. The minimum absolute atomic E-state index is 0.0588. The quantitative estimate of drug-likeness (QED) is 0.356. The van der Waals surface area contributed by atoms with Crippen LogP contribution in [0.25, 0.3) is 0 Å². The Balaban J connectivity index is 1.91. The number of aliphatic hydroxyl groups excluding tert-OH is 1. The molecule has 10 nitrogen and oxygen atoms in total. The molecule has 0 bridgehead atoms. The number of carbonyl (C=O) groups is 2. The molecule has 0 spiro atoms. The van der Waals surface area contributed by atoms with Crippen LogP contribution in [0.5, 0.6) is 0 Å². The second kappa shape index (κ2) is 15.0. The van der Waals surface area contributed by atoms with Crippen LogP contribution in [0.15, 0.2) is 0 Å². The lowest BCUT2D eigenvalue weighted by Gasteiger charge is -2.45. The first-order chi connectivity index (χ1) is 20.0. The van der Waals surface area contributed by atoms with E-state index in [4.69, 9.17) is 18.9 Å². The molecule has 0 saturated carbocycles. The number of esters is 1. The van der Waals surface area contributed by atoms with Crippen LogP contribution in [0.1, 0.15) is 80.6 Å². The Labute approximate surface area is 260 Å². The molecule has 1 unspecified atom stereocenters. The number of likely N-dealkylation sites (tertiary alicyclic amines) is 1. The van der Waals surface area contributed by atoms with Gasteiger partial charge in [-0.2, -0.15) is 0 Å². The first kappa shape index (κ1) is 36.3. The number of rotatable bonds is 6. The molecule has 0 aromatic carbocycles. The van der Waals surface area contributed by atoms with E-state index >= 15 is 0 Å². The average molecular weight is 612 g/mol. The molecule has 0 aromatic heterocycles. The number of carbonyl (C=O) groups excluding carboxylic acids is 2. The van der Waals surface area contributed by atoms with Crippen molar-refractivity contribution in [1.82, 2.24) is 14.7 Å². The molecule has 3 aliphatic heterocycles. The van der Waals surface area contributed by atoms with Crippen LogP contribution in [0.2, 0.25) is 0 Å². The van der Waals surface area contributed by atoms with E-state index in [1.165, 1.54) is 0 Å². The van der Waals surface area contributed by atoms with Gasteiger partial charge in [0, 0.05) is 38.2 Å². The molecule has 3 aliphatic rings. The number of methoxy groups -OCH3 is 1. The number of hydrogen-bond donors (Lipinski definition) is 1. The standard InChI is InChI=1S/C33H61N3O7/c1-21(2)36-14-12-24(13-15-36)26-20-41-31(39)32(5,6)27(37)17-28(33(7,40-11)18-22(3)19-35(26)10)43-30-29(38)25(34(8)9)16-23(4)42-30/h21-26,28-30,38H,12-20H2,1-11H3/t22-,23-,25+,26?,28-,29-,30+,33-/m1/s1. The third-order valence-electron chi connectivity index (χ3n) is 10.5. The van der Waals surface area contributed by atoms with Crippen LogP contribution in [-0.2, 0) is 28.5 Å². The van der Waals surface area contributed by atoms with Gasteiger partial charge in [-0.25, -0.2) is 0 Å². The summed E-state index contributed by atoms with van der Waals surface area (Å²) in [6.45, 7) is 17.0. The summed E-state index contributed by atoms with van der Waals surface area (Å²) >= 11 is 0. The fourth-order valence-electron chi connectivity index (χ4n) is 7.28. The Kier molecular flexibility index (Phi) is 12.6. The number of piperidine rings is 1. The van der Waals surface area contributed by atoms with Gasteiger partial charge in [0.15, 0.2) is 12.1 Å². The summed E-state index contributed by atoms with van der Waals surface area (Å²) in [5.74, 6) is -0.221. The fraction of sp³-hybridized carbons (Fsp3) is 0.939. The number of likely N-dealkylation sites (N-methyl/N-ethyl adjacent to an activating group) is 2. The minimum atomic E-state index is -1.37. The maximum atomic E-state index is 13.9. The molecule has 1 N–H and O–H groups in total. The predicted molar refractivity (Wildman–Crippen MR) is 167 cm³/mol. The van der Waals surface area contributed by atoms with Crippen molar-refractivity contribution in [3.8, 4) is 0 Å². The first-order valence-corrected chi connectivity index (χ1v) is 16.4. The van der Waals surface area contributed by atoms with Gasteiger partial charge < -0.3 is 33.9 Å². The largest absolute Gasteiger partial charge is 0.463 e. The van der Waals surface area contributed by atoms with Crippen molar-refractivity contribution < 1.29 is 33.6 Å². The highest BCUT2D eigenvalue weighted by Crippen LogP contribution is 2.36. The van der Waals surface area contributed by atoms with Gasteiger partial charge in [0.2, 0.25) is 0 Å². The van der Waals surface area contributed by atoms with Gasteiger partial charge in [-0.15, -0.1) is 0 Å². The summed E-state index contributed by atoms with van der Waals surface area (Å²) in [6, 6.07) is 0.419. The molecular formula is C33H61N3O7. The molecule has 8 atom stereocenters. The summed E-state index contributed by atoms with van der Waals surface area (Å²) < 4.78 is 24.8. The zero-order valence-electron chi connectivity index (χ0n) is 28.8. The van der Waals surface area contributed by atoms with Crippen molar-refractivity contribution >= 4 is 11.8 Å². The third-order valence-corrected chi connectivity index (χ3v) is 10.5. The highest BCUT2D eigenvalue weighted by molar-refractivity contribution is 6.03. The van der Waals surface area contributed by atoms with Gasteiger partial charge in [0.25, 0.3) is 0 Å². The Morgan fingerprint density at radius 2 is 1.72 bits per heavy atom. The SMILES string of the molecule is CO[C@]1(C)C[C@@H](C)CN(C)C(C2CCN(C(C)C)CC2)COC(=O)C(C)(C)C(=O)C[C@H]1O[C@@H]1O[C@H](C)C[C@H](N(C)C)[C@H]1O. The Bertz CT molecular complexity index is 922. The van der Waals surface area contributed by atoms with E-state index in [0.717, 1.165) is 32.5 Å². The highest BCUT2D eigenvalue weighted by atomic mass is 16.7. The molecule has 3 fully saturated rings. The molecular weight excluding hydrogens is 550 g/mol. The monoisotopic (exact) mass is 611 g/mol. The van der Waals surface area contributed by atoms with E-state index in [-0.39, 0.29) is 42.9 Å². The zero-order valence-corrected chi connectivity index (χ0v) is 28.8. The molecule has 0 amide bonds. The smallest absolute Gasteiger partial charge is 0.319 e. The molecule has 3 rings (SSSR count). The van der Waals surface area contributed by atoms with Crippen LogP contribution in [0, 0.1) is 17.3 Å². The molecule has 0 aromatic rings. The number of Topliss-reactive ketones (excluding diaryl/α,β-unsaturated/α-hetero) is 1. The fourth-order valence-corrected chi connectivity index (χ4v) is 7.28. The van der Waals surface area contributed by atoms with Crippen molar-refractivity contribution in [2.24, 2.45) is 17.3 Å². The summed E-state index contributed by atoms with van der Waals surface area (Å²) in [4.78, 5) is 34.2. The normalized spacial score (nSPS) is 38.4. The molecule has 3 heterocycles. The van der Waals surface area contributed by atoms with Crippen molar-refractivity contribution in [1.29, 1.82) is 0 Å². The molecule has 43 heavy (non-hydrogen) atoms. The van der Waals surface area contributed by atoms with E-state index in [9.17, 15) is 14.7 Å². The number of cyclic esters (lactones) is 1. The van der Waals surface area contributed by atoms with E-state index in [0.29, 0.717) is 24.8 Å². The second-order valence-corrected chi connectivity index (χ2v) is 14.8. The molecule has 250 valence electrons. The number of hydrogen-bond acceptors (Lipinski definition) is 10. The maximum Gasteiger partial charge on any atom is 0.319 e. The first-order valence-electron chi connectivity index (χ1n) is 16.4. The molecule has 10 heteroatoms. The van der Waals surface area contributed by atoms with Crippen molar-refractivity contribution in [2.45, 2.75) is 129 Å². The zero-order chi connectivity index (χ0) is 32.3. The van der Waals surface area contributed by atoms with E-state index in [2.05, 4.69) is 37.6 Å². The Hall–Kier alpha value is -1.14. The van der Waals surface area contributed by atoms with Crippen LogP contribution < -0.4 is 0 Å². The average Bonchev–Trinajstić information content (AvgIpc) is 2.93. The number of ketones is 1. The molecule has 0 radical (unpaired) electrons. The summed E-state index contributed by atoms with van der Waals surface area (Å²) in [5.41, 5.74) is -2.25. The van der Waals surface area contributed by atoms with Gasteiger partial charge in [-0.1, -0.05) is 6.92 Å². The Morgan fingerprint density at radius 1 is 1.09 bits per heavy atom. The van der Waals surface area contributed by atoms with E-state index in [1.807, 2.05) is 32.8 Å². The molecule has 0 aliphatic carbocycles. The van der Waals surface area contributed by atoms with Crippen molar-refractivity contribution in [3.05, 3.63) is 0 Å².